The van der Waals surface area contributed by atoms with Crippen LogP contribution in [0.5, 0.6) is 0 Å². The molecule has 0 radical (unpaired) electrons. The molecule has 0 rings (SSSR count). The molecule has 0 aromatic rings. The predicted octanol–water partition coefficient (Wildman–Crippen LogP) is 3.89. The molecular formula is C14H30O2. The highest BCUT2D eigenvalue weighted by Crippen LogP contribution is 2.34. The minimum Gasteiger partial charge on any atom is -0.384 e. The van der Waals surface area contributed by atoms with Gasteiger partial charge in [0.25, 0.3) is 0 Å². The number of unbranched alkanes of at least 4 members (excludes halogenated alkanes) is 1. The molecule has 98 valence electrons. The van der Waals surface area contributed by atoms with Gasteiger partial charge in [-0.05, 0) is 18.8 Å². The Bertz CT molecular complexity index is 151. The van der Waals surface area contributed by atoms with Gasteiger partial charge in [-0.1, -0.05) is 40.0 Å². The van der Waals surface area contributed by atoms with Gasteiger partial charge in [-0.25, -0.2) is 0 Å². The Kier molecular flexibility index (Phi) is 8.96. The van der Waals surface area contributed by atoms with E-state index in [-0.39, 0.29) is 5.41 Å². The number of methoxy groups -OCH3 is 2. The zero-order valence-electron chi connectivity index (χ0n) is 11.8. The molecule has 0 bridgehead atoms. The Morgan fingerprint density at radius 3 is 2.00 bits per heavy atom. The van der Waals surface area contributed by atoms with Crippen LogP contribution in [-0.2, 0) is 9.47 Å². The molecule has 0 saturated carbocycles. The van der Waals surface area contributed by atoms with E-state index in [4.69, 9.17) is 9.47 Å². The molecule has 0 aliphatic rings. The first-order chi connectivity index (χ1) is 7.64. The molecule has 0 fully saturated rings. The van der Waals surface area contributed by atoms with Gasteiger partial charge in [0.1, 0.15) is 0 Å². The van der Waals surface area contributed by atoms with E-state index >= 15 is 0 Å². The number of rotatable bonds is 10. The molecule has 0 aromatic heterocycles. The van der Waals surface area contributed by atoms with Crippen LogP contribution in [0, 0.1) is 11.3 Å². The van der Waals surface area contributed by atoms with Crippen LogP contribution in [0.15, 0.2) is 0 Å². The molecule has 0 saturated heterocycles. The van der Waals surface area contributed by atoms with Gasteiger partial charge in [-0.2, -0.15) is 0 Å². The second kappa shape index (κ2) is 9.00. The molecule has 0 aliphatic carbocycles. The number of hydrogen-bond donors (Lipinski definition) is 0. The maximum absolute atomic E-state index is 5.42. The summed E-state index contributed by atoms with van der Waals surface area (Å²) in [4.78, 5) is 0. The summed E-state index contributed by atoms with van der Waals surface area (Å²) in [5.41, 5.74) is 0.231. The van der Waals surface area contributed by atoms with Crippen LogP contribution in [0.2, 0.25) is 0 Å². The van der Waals surface area contributed by atoms with Gasteiger partial charge in [0.15, 0.2) is 0 Å². The van der Waals surface area contributed by atoms with E-state index in [1.54, 1.807) is 14.2 Å². The van der Waals surface area contributed by atoms with Crippen molar-refractivity contribution in [1.82, 2.24) is 0 Å². The normalized spacial score (nSPS) is 14.1. The lowest BCUT2D eigenvalue weighted by atomic mass is 9.76. The number of hydrogen-bond acceptors (Lipinski definition) is 2. The molecular weight excluding hydrogens is 200 g/mol. The Morgan fingerprint density at radius 1 is 1.06 bits per heavy atom. The first-order valence-electron chi connectivity index (χ1n) is 6.62. The zero-order chi connectivity index (χ0) is 12.4. The lowest BCUT2D eigenvalue weighted by molar-refractivity contribution is -0.0118. The van der Waals surface area contributed by atoms with Crippen molar-refractivity contribution in [3.05, 3.63) is 0 Å². The van der Waals surface area contributed by atoms with Crippen molar-refractivity contribution in [1.29, 1.82) is 0 Å². The summed E-state index contributed by atoms with van der Waals surface area (Å²) < 4.78 is 10.8. The smallest absolute Gasteiger partial charge is 0.0540 e. The molecule has 0 spiro atoms. The topological polar surface area (TPSA) is 18.5 Å². The van der Waals surface area contributed by atoms with Crippen LogP contribution in [-0.4, -0.2) is 27.4 Å². The molecule has 1 atom stereocenters. The van der Waals surface area contributed by atoms with E-state index in [1.165, 1.54) is 32.1 Å². The molecule has 2 heteroatoms. The van der Waals surface area contributed by atoms with Crippen molar-refractivity contribution in [2.24, 2.45) is 11.3 Å². The third kappa shape index (κ3) is 5.86. The van der Waals surface area contributed by atoms with Crippen LogP contribution in [0.4, 0.5) is 0 Å². The van der Waals surface area contributed by atoms with Crippen LogP contribution in [0.3, 0.4) is 0 Å². The summed E-state index contributed by atoms with van der Waals surface area (Å²) in [6.45, 7) is 8.48. The van der Waals surface area contributed by atoms with Crippen molar-refractivity contribution < 1.29 is 9.47 Å². The summed E-state index contributed by atoms with van der Waals surface area (Å²) in [6.07, 6.45) is 6.18. The lowest BCUT2D eigenvalue weighted by Crippen LogP contribution is -2.33. The Balaban J connectivity index is 4.48. The van der Waals surface area contributed by atoms with Crippen molar-refractivity contribution in [2.45, 2.75) is 52.9 Å². The molecule has 1 unspecified atom stereocenters. The largest absolute Gasteiger partial charge is 0.384 e. The summed E-state index contributed by atoms with van der Waals surface area (Å²) >= 11 is 0. The van der Waals surface area contributed by atoms with Crippen molar-refractivity contribution in [3.63, 3.8) is 0 Å². The Morgan fingerprint density at radius 2 is 1.62 bits per heavy atom. The lowest BCUT2D eigenvalue weighted by Gasteiger charge is -2.34. The molecule has 0 N–H and O–H groups in total. The van der Waals surface area contributed by atoms with E-state index in [2.05, 4.69) is 20.8 Å². The third-order valence-corrected chi connectivity index (χ3v) is 3.44. The molecule has 0 aliphatic heterocycles. The van der Waals surface area contributed by atoms with Gasteiger partial charge in [0.2, 0.25) is 0 Å². The van der Waals surface area contributed by atoms with Crippen LogP contribution >= 0.6 is 0 Å². The van der Waals surface area contributed by atoms with Crippen molar-refractivity contribution in [2.75, 3.05) is 27.4 Å². The van der Waals surface area contributed by atoms with E-state index in [9.17, 15) is 0 Å². The molecule has 0 heterocycles. The molecule has 0 amide bonds. The average molecular weight is 230 g/mol. The Hall–Kier alpha value is -0.0800. The average Bonchev–Trinajstić information content (AvgIpc) is 2.27. The highest BCUT2D eigenvalue weighted by atomic mass is 16.5. The predicted molar refractivity (Wildman–Crippen MR) is 69.8 cm³/mol. The Labute approximate surface area is 102 Å². The third-order valence-electron chi connectivity index (χ3n) is 3.44. The van der Waals surface area contributed by atoms with Gasteiger partial charge in [0.05, 0.1) is 13.2 Å². The van der Waals surface area contributed by atoms with Crippen LogP contribution < -0.4 is 0 Å². The maximum atomic E-state index is 5.42. The van der Waals surface area contributed by atoms with Gasteiger partial charge in [0, 0.05) is 19.6 Å². The van der Waals surface area contributed by atoms with Crippen LogP contribution in [0.1, 0.15) is 52.9 Å². The van der Waals surface area contributed by atoms with E-state index < -0.39 is 0 Å². The summed E-state index contributed by atoms with van der Waals surface area (Å²) in [5, 5.41) is 0. The van der Waals surface area contributed by atoms with E-state index in [0.29, 0.717) is 0 Å². The van der Waals surface area contributed by atoms with Gasteiger partial charge in [-0.3, -0.25) is 0 Å². The summed E-state index contributed by atoms with van der Waals surface area (Å²) in [7, 11) is 3.60. The van der Waals surface area contributed by atoms with Gasteiger partial charge < -0.3 is 9.47 Å². The van der Waals surface area contributed by atoms with Crippen LogP contribution in [0.25, 0.3) is 0 Å². The monoisotopic (exact) mass is 230 g/mol. The quantitative estimate of drug-likeness (QED) is 0.567. The standard InChI is InChI=1S/C14H30O2/c1-6-8-9-14(11-15-4,12-16-5)10-13(3)7-2/h13H,6-12H2,1-5H3. The minimum absolute atomic E-state index is 0.231. The first kappa shape index (κ1) is 15.9. The molecule has 0 aromatic carbocycles. The first-order valence-corrected chi connectivity index (χ1v) is 6.62. The highest BCUT2D eigenvalue weighted by Gasteiger charge is 2.31. The SMILES string of the molecule is CCCCC(COC)(COC)CC(C)CC. The molecule has 16 heavy (non-hydrogen) atoms. The van der Waals surface area contributed by atoms with Gasteiger partial charge in [-0.15, -0.1) is 0 Å². The van der Waals surface area contributed by atoms with Crippen molar-refractivity contribution >= 4 is 0 Å². The maximum Gasteiger partial charge on any atom is 0.0540 e. The second-order valence-electron chi connectivity index (χ2n) is 5.19. The highest BCUT2D eigenvalue weighted by molar-refractivity contribution is 4.81. The van der Waals surface area contributed by atoms with E-state index in [1.807, 2.05) is 0 Å². The van der Waals surface area contributed by atoms with Gasteiger partial charge >= 0.3 is 0 Å². The fourth-order valence-corrected chi connectivity index (χ4v) is 2.45. The van der Waals surface area contributed by atoms with Crippen molar-refractivity contribution in [3.8, 4) is 0 Å². The fourth-order valence-electron chi connectivity index (χ4n) is 2.45. The van der Waals surface area contributed by atoms with E-state index in [0.717, 1.165) is 19.1 Å². The summed E-state index contributed by atoms with van der Waals surface area (Å²) in [6, 6.07) is 0. The number of ether oxygens (including phenoxy) is 2. The minimum atomic E-state index is 0.231. The second-order valence-corrected chi connectivity index (χ2v) is 5.19. The molecule has 2 nitrogen and oxygen atoms in total. The fraction of sp³-hybridized carbons (Fsp3) is 1.00. The summed E-state index contributed by atoms with van der Waals surface area (Å²) in [5.74, 6) is 0.752. The zero-order valence-corrected chi connectivity index (χ0v) is 11.8.